The van der Waals surface area contributed by atoms with Crippen molar-refractivity contribution in [1.29, 1.82) is 0 Å². The summed E-state index contributed by atoms with van der Waals surface area (Å²) in [4.78, 5) is 32.8. The molecule has 2 N–H and O–H groups in total. The lowest BCUT2D eigenvalue weighted by Crippen LogP contribution is -2.29. The Kier molecular flexibility index (Phi) is 6.80. The molecule has 6 rings (SSSR count). The van der Waals surface area contributed by atoms with E-state index in [9.17, 15) is 24.2 Å². The Labute approximate surface area is 241 Å². The lowest BCUT2D eigenvalue weighted by Gasteiger charge is -2.22. The lowest BCUT2D eigenvalue weighted by atomic mass is 9.96. The molecule has 1 fully saturated rings. The highest BCUT2D eigenvalue weighted by molar-refractivity contribution is 8.00. The zero-order chi connectivity index (χ0) is 28.8. The molecule has 0 radical (unpaired) electrons. The van der Waals surface area contributed by atoms with Gasteiger partial charge in [0, 0.05) is 11.9 Å². The largest absolute Gasteiger partial charge is 0.508 e. The normalized spacial score (nSPS) is 16.7. The number of halogens is 1. The molecule has 1 unspecified atom stereocenters. The van der Waals surface area contributed by atoms with Gasteiger partial charge in [0.2, 0.25) is 5.13 Å². The van der Waals surface area contributed by atoms with Crippen molar-refractivity contribution < 1.29 is 24.2 Å². The van der Waals surface area contributed by atoms with Gasteiger partial charge in [-0.3, -0.25) is 14.5 Å². The van der Waals surface area contributed by atoms with Crippen LogP contribution in [0.5, 0.6) is 5.75 Å². The number of aliphatic hydroxyl groups excluding tert-OH is 1. The summed E-state index contributed by atoms with van der Waals surface area (Å²) in [6.45, 7) is 3.65. The smallest absolute Gasteiger partial charge is 0.301 e. The van der Waals surface area contributed by atoms with Crippen molar-refractivity contribution >= 4 is 51.3 Å². The molecule has 0 aliphatic carbocycles. The number of aromatic nitrogens is 4. The van der Waals surface area contributed by atoms with Crippen LogP contribution < -0.4 is 4.90 Å². The Balaban J connectivity index is 1.43. The van der Waals surface area contributed by atoms with Gasteiger partial charge in [0.05, 0.1) is 17.3 Å². The van der Waals surface area contributed by atoms with Gasteiger partial charge in [-0.2, -0.15) is 0 Å². The highest BCUT2D eigenvalue weighted by Crippen LogP contribution is 2.44. The minimum Gasteiger partial charge on any atom is -0.508 e. The molecule has 12 heteroatoms. The van der Waals surface area contributed by atoms with Crippen LogP contribution in [0.1, 0.15) is 34.1 Å². The molecule has 9 nitrogen and oxygen atoms in total. The van der Waals surface area contributed by atoms with Crippen LogP contribution >= 0.6 is 23.1 Å². The molecule has 1 amide bonds. The minimum absolute atomic E-state index is 0.0690. The van der Waals surface area contributed by atoms with E-state index in [1.807, 2.05) is 19.1 Å². The zero-order valence-electron chi connectivity index (χ0n) is 21.8. The summed E-state index contributed by atoms with van der Waals surface area (Å²) in [5.74, 6) is -2.11. The van der Waals surface area contributed by atoms with Crippen molar-refractivity contribution in [2.45, 2.75) is 30.0 Å². The second kappa shape index (κ2) is 10.5. The standard InChI is InChI=1S/C29H22FN5O4S2/c1-15-5-4-12-34-16(2)22(31-26(15)34)24(37)21-23(18-6-3-7-20(36)13-18)35(27(39)25(21)38)28-32-33-29(41-28)40-14-17-8-10-19(30)11-9-17/h3-13,23,36-37H,14H2,1-2H3. The summed E-state index contributed by atoms with van der Waals surface area (Å²) in [5.41, 5.74) is 3.37. The number of phenolic OH excluding ortho intramolecular Hbond substituents is 1. The molecule has 1 aliphatic rings. The van der Waals surface area contributed by atoms with Gasteiger partial charge in [0.15, 0.2) is 10.1 Å². The van der Waals surface area contributed by atoms with Crippen molar-refractivity contribution in [2.75, 3.05) is 4.90 Å². The van der Waals surface area contributed by atoms with Crippen LogP contribution in [0.3, 0.4) is 0 Å². The molecule has 41 heavy (non-hydrogen) atoms. The summed E-state index contributed by atoms with van der Waals surface area (Å²) in [6, 6.07) is 14.9. The second-order valence-corrected chi connectivity index (χ2v) is 11.6. The Morgan fingerprint density at radius 2 is 1.85 bits per heavy atom. The summed E-state index contributed by atoms with van der Waals surface area (Å²) in [6.07, 6.45) is 1.80. The summed E-state index contributed by atoms with van der Waals surface area (Å²) >= 11 is 2.47. The summed E-state index contributed by atoms with van der Waals surface area (Å²) in [7, 11) is 0. The van der Waals surface area contributed by atoms with Crippen molar-refractivity contribution in [1.82, 2.24) is 19.6 Å². The highest BCUT2D eigenvalue weighted by atomic mass is 32.2. The number of hydrogen-bond acceptors (Lipinski definition) is 9. The summed E-state index contributed by atoms with van der Waals surface area (Å²) in [5, 5.41) is 30.3. The number of anilines is 1. The van der Waals surface area contributed by atoms with Crippen LogP contribution in [-0.4, -0.2) is 41.5 Å². The number of aliphatic hydroxyl groups is 1. The van der Waals surface area contributed by atoms with Crippen LogP contribution in [0.25, 0.3) is 11.4 Å². The second-order valence-electron chi connectivity index (χ2n) is 9.46. The number of aryl methyl sites for hydroxylation is 2. The number of aromatic hydroxyl groups is 1. The van der Waals surface area contributed by atoms with Gasteiger partial charge >= 0.3 is 5.91 Å². The van der Waals surface area contributed by atoms with E-state index in [2.05, 4.69) is 15.2 Å². The number of benzene rings is 2. The number of Topliss-reactive ketones (excluding diaryl/α,β-unsaturated/α-hetero) is 1. The number of phenols is 1. The predicted octanol–water partition coefficient (Wildman–Crippen LogP) is 5.57. The maximum absolute atomic E-state index is 13.5. The number of hydrogen-bond donors (Lipinski definition) is 2. The van der Waals surface area contributed by atoms with E-state index >= 15 is 0 Å². The molecular weight excluding hydrogens is 565 g/mol. The zero-order valence-corrected chi connectivity index (χ0v) is 23.4. The summed E-state index contributed by atoms with van der Waals surface area (Å²) < 4.78 is 15.6. The molecule has 2 aromatic carbocycles. The molecule has 0 bridgehead atoms. The third-order valence-electron chi connectivity index (χ3n) is 6.82. The van der Waals surface area contributed by atoms with Gasteiger partial charge in [-0.1, -0.05) is 53.4 Å². The molecule has 1 saturated heterocycles. The number of carbonyl (C=O) groups is 2. The Hall–Kier alpha value is -4.55. The number of amides is 1. The van der Waals surface area contributed by atoms with E-state index in [1.54, 1.807) is 41.8 Å². The van der Waals surface area contributed by atoms with E-state index in [-0.39, 0.29) is 28.0 Å². The van der Waals surface area contributed by atoms with Crippen LogP contribution in [0, 0.1) is 19.7 Å². The van der Waals surface area contributed by atoms with Gasteiger partial charge in [0.1, 0.15) is 22.9 Å². The first-order valence-electron chi connectivity index (χ1n) is 12.5. The lowest BCUT2D eigenvalue weighted by molar-refractivity contribution is -0.132. The molecule has 0 saturated carbocycles. The average molecular weight is 588 g/mol. The topological polar surface area (TPSA) is 121 Å². The third-order valence-corrected chi connectivity index (χ3v) is 8.94. The number of ketones is 1. The molecular formula is C29H22FN5O4S2. The predicted molar refractivity (Wildman–Crippen MR) is 153 cm³/mol. The molecule has 5 aromatic rings. The maximum atomic E-state index is 13.5. The number of carbonyl (C=O) groups excluding carboxylic acids is 2. The number of imidazole rings is 1. The van der Waals surface area contributed by atoms with Crippen LogP contribution in [-0.2, 0) is 15.3 Å². The van der Waals surface area contributed by atoms with Crippen LogP contribution in [0.2, 0.25) is 0 Å². The van der Waals surface area contributed by atoms with Gasteiger partial charge in [-0.25, -0.2) is 9.37 Å². The molecule has 0 spiro atoms. The van der Waals surface area contributed by atoms with E-state index in [0.29, 0.717) is 27.0 Å². The molecule has 206 valence electrons. The van der Waals surface area contributed by atoms with Crippen molar-refractivity contribution in [2.24, 2.45) is 0 Å². The fourth-order valence-corrected chi connectivity index (χ4v) is 6.62. The monoisotopic (exact) mass is 587 g/mol. The van der Waals surface area contributed by atoms with Crippen LogP contribution in [0.4, 0.5) is 9.52 Å². The molecule has 3 aromatic heterocycles. The first-order valence-corrected chi connectivity index (χ1v) is 14.3. The van der Waals surface area contributed by atoms with Gasteiger partial charge in [-0.15, -0.1) is 10.2 Å². The van der Waals surface area contributed by atoms with Gasteiger partial charge in [0.25, 0.3) is 5.78 Å². The van der Waals surface area contributed by atoms with Crippen molar-refractivity contribution in [3.63, 3.8) is 0 Å². The Bertz CT molecular complexity index is 1860. The number of nitrogens with zero attached hydrogens (tertiary/aromatic N) is 5. The van der Waals surface area contributed by atoms with E-state index < -0.39 is 23.5 Å². The Morgan fingerprint density at radius 1 is 1.07 bits per heavy atom. The highest BCUT2D eigenvalue weighted by Gasteiger charge is 2.49. The molecule has 1 atom stereocenters. The number of pyridine rings is 1. The first kappa shape index (κ1) is 26.7. The minimum atomic E-state index is -1.09. The van der Waals surface area contributed by atoms with Gasteiger partial charge < -0.3 is 14.6 Å². The quantitative estimate of drug-likeness (QED) is 0.0870. The first-order chi connectivity index (χ1) is 19.7. The fourth-order valence-electron chi connectivity index (χ4n) is 4.80. The Morgan fingerprint density at radius 3 is 2.59 bits per heavy atom. The van der Waals surface area contributed by atoms with Crippen molar-refractivity contribution in [3.05, 3.63) is 106 Å². The van der Waals surface area contributed by atoms with E-state index in [0.717, 1.165) is 22.5 Å². The van der Waals surface area contributed by atoms with E-state index in [1.165, 1.54) is 40.9 Å². The number of thioether (sulfide) groups is 1. The van der Waals surface area contributed by atoms with Crippen LogP contribution in [0.15, 0.2) is 76.8 Å². The average Bonchev–Trinajstić information content (AvgIpc) is 3.63. The SMILES string of the molecule is Cc1cccn2c(C)c(C(O)=C3C(=O)C(=O)N(c4nnc(SCc5ccc(F)cc5)s4)C3c3cccc(O)c3)nc12. The van der Waals surface area contributed by atoms with E-state index in [4.69, 9.17) is 0 Å². The molecule has 4 heterocycles. The van der Waals surface area contributed by atoms with Crippen molar-refractivity contribution in [3.8, 4) is 5.75 Å². The fraction of sp³-hybridized carbons (Fsp3) is 0.138. The van der Waals surface area contributed by atoms with Gasteiger partial charge in [-0.05, 0) is 60.9 Å². The third kappa shape index (κ3) is 4.74. The number of fused-ring (bicyclic) bond motifs is 1. The maximum Gasteiger partial charge on any atom is 0.301 e. The number of rotatable bonds is 6. The molecule has 1 aliphatic heterocycles.